The maximum absolute atomic E-state index is 13.3. The molecule has 1 aliphatic heterocycles. The number of amides is 2. The lowest BCUT2D eigenvalue weighted by atomic mass is 9.81. The first-order chi connectivity index (χ1) is 14.0. The number of ketones is 1. The maximum Gasteiger partial charge on any atom is 0.340 e. The second-order valence-corrected chi connectivity index (χ2v) is 11.4. The SMILES string of the molecule is CC(C)(C)C(=O)COC(=O)c1ccccc1N1C(=O)[C@@H]2[C@H]3C[C@@H]([C@H](Br)[C@H]3Br)[C@H]2C1=O. The molecule has 3 aliphatic rings. The topological polar surface area (TPSA) is 80.8 Å². The number of halogens is 2. The van der Waals surface area contributed by atoms with Gasteiger partial charge in [0.05, 0.1) is 23.1 Å². The number of imide groups is 1. The summed E-state index contributed by atoms with van der Waals surface area (Å²) in [7, 11) is 0. The van der Waals surface area contributed by atoms with Crippen molar-refractivity contribution in [1.82, 2.24) is 0 Å². The minimum Gasteiger partial charge on any atom is -0.454 e. The van der Waals surface area contributed by atoms with Crippen LogP contribution in [0.4, 0.5) is 5.69 Å². The number of Topliss-reactive ketones (excluding diaryl/α,β-unsaturated/α-hetero) is 1. The molecule has 6 atom stereocenters. The van der Waals surface area contributed by atoms with Gasteiger partial charge in [-0.15, -0.1) is 0 Å². The summed E-state index contributed by atoms with van der Waals surface area (Å²) in [5.74, 6) is -2.00. The van der Waals surface area contributed by atoms with E-state index in [-0.39, 0.29) is 68.8 Å². The van der Waals surface area contributed by atoms with E-state index in [1.165, 1.54) is 6.07 Å². The maximum atomic E-state index is 13.3. The zero-order valence-electron chi connectivity index (χ0n) is 16.9. The summed E-state index contributed by atoms with van der Waals surface area (Å²) < 4.78 is 5.22. The van der Waals surface area contributed by atoms with Crippen LogP contribution in [-0.2, 0) is 19.1 Å². The number of hydrogen-bond donors (Lipinski definition) is 0. The zero-order valence-corrected chi connectivity index (χ0v) is 20.1. The van der Waals surface area contributed by atoms with Gasteiger partial charge in [-0.3, -0.25) is 14.4 Å². The fourth-order valence-corrected chi connectivity index (χ4v) is 6.73. The predicted octanol–water partition coefficient (Wildman–Crippen LogP) is 3.74. The number of fused-ring (bicyclic) bond motifs is 5. The number of para-hydroxylation sites is 1. The highest BCUT2D eigenvalue weighted by molar-refractivity contribution is 9.12. The molecule has 0 unspecified atom stereocenters. The van der Waals surface area contributed by atoms with Gasteiger partial charge in [-0.1, -0.05) is 64.8 Å². The molecule has 0 N–H and O–H groups in total. The van der Waals surface area contributed by atoms with Gasteiger partial charge in [0.25, 0.3) is 0 Å². The van der Waals surface area contributed by atoms with E-state index in [1.54, 1.807) is 39.0 Å². The second-order valence-electron chi connectivity index (χ2n) is 9.28. The van der Waals surface area contributed by atoms with Crippen LogP contribution in [0.25, 0.3) is 0 Å². The van der Waals surface area contributed by atoms with Gasteiger partial charge < -0.3 is 4.74 Å². The molecule has 0 spiro atoms. The highest BCUT2D eigenvalue weighted by Crippen LogP contribution is 2.60. The van der Waals surface area contributed by atoms with E-state index < -0.39 is 11.4 Å². The number of carbonyl (C=O) groups is 4. The van der Waals surface area contributed by atoms with Crippen LogP contribution < -0.4 is 4.90 Å². The van der Waals surface area contributed by atoms with Gasteiger partial charge >= 0.3 is 5.97 Å². The molecule has 0 radical (unpaired) electrons. The van der Waals surface area contributed by atoms with Crippen molar-refractivity contribution >= 4 is 61.1 Å². The number of ether oxygens (including phenoxy) is 1. The van der Waals surface area contributed by atoms with E-state index in [9.17, 15) is 19.2 Å². The Kier molecular flexibility index (Phi) is 5.46. The molecule has 2 aliphatic carbocycles. The molecule has 1 aromatic carbocycles. The average Bonchev–Trinajstić information content (AvgIpc) is 3.30. The molecule has 30 heavy (non-hydrogen) atoms. The zero-order chi connectivity index (χ0) is 22.0. The Balaban J connectivity index is 1.60. The molecule has 1 heterocycles. The fourth-order valence-electron chi connectivity index (χ4n) is 4.85. The molecule has 160 valence electrons. The van der Waals surface area contributed by atoms with Crippen LogP contribution in [0.15, 0.2) is 24.3 Å². The van der Waals surface area contributed by atoms with Crippen molar-refractivity contribution in [3.63, 3.8) is 0 Å². The van der Waals surface area contributed by atoms with Crippen LogP contribution in [0, 0.1) is 29.1 Å². The summed E-state index contributed by atoms with van der Waals surface area (Å²) >= 11 is 7.35. The van der Waals surface area contributed by atoms with Gasteiger partial charge in [-0.2, -0.15) is 0 Å². The average molecular weight is 541 g/mol. The molecular weight excluding hydrogens is 518 g/mol. The molecule has 8 heteroatoms. The molecule has 0 aromatic heterocycles. The monoisotopic (exact) mass is 539 g/mol. The third kappa shape index (κ3) is 3.27. The Morgan fingerprint density at radius 2 is 1.57 bits per heavy atom. The summed E-state index contributed by atoms with van der Waals surface area (Å²) in [5, 5.41) is 0. The molecule has 2 bridgehead atoms. The van der Waals surface area contributed by atoms with E-state index in [1.807, 2.05) is 0 Å². The van der Waals surface area contributed by atoms with Crippen molar-refractivity contribution < 1.29 is 23.9 Å². The highest BCUT2D eigenvalue weighted by Gasteiger charge is 2.66. The van der Waals surface area contributed by atoms with Crippen LogP contribution in [0.1, 0.15) is 37.6 Å². The van der Waals surface area contributed by atoms with Crippen LogP contribution in [0.3, 0.4) is 0 Å². The van der Waals surface area contributed by atoms with Crippen molar-refractivity contribution in [1.29, 1.82) is 0 Å². The summed E-state index contributed by atoms with van der Waals surface area (Å²) in [6, 6.07) is 6.42. The molecule has 1 aromatic rings. The van der Waals surface area contributed by atoms with Crippen molar-refractivity contribution in [2.45, 2.75) is 36.8 Å². The van der Waals surface area contributed by atoms with E-state index in [0.717, 1.165) is 11.3 Å². The molecule has 1 saturated heterocycles. The first-order valence-electron chi connectivity index (χ1n) is 9.99. The number of alkyl halides is 2. The Labute approximate surface area is 192 Å². The summed E-state index contributed by atoms with van der Waals surface area (Å²) in [5.41, 5.74) is -0.290. The Hall–Kier alpha value is -1.54. The lowest BCUT2D eigenvalue weighted by molar-refractivity contribution is -0.129. The van der Waals surface area contributed by atoms with Gasteiger partial charge in [0.1, 0.15) is 0 Å². The molecule has 6 nitrogen and oxygen atoms in total. The van der Waals surface area contributed by atoms with Crippen LogP contribution in [-0.4, -0.2) is 39.8 Å². The van der Waals surface area contributed by atoms with Crippen molar-refractivity contribution in [3.8, 4) is 0 Å². The van der Waals surface area contributed by atoms with Crippen LogP contribution >= 0.6 is 31.9 Å². The smallest absolute Gasteiger partial charge is 0.340 e. The Morgan fingerprint density at radius 3 is 2.10 bits per heavy atom. The highest BCUT2D eigenvalue weighted by atomic mass is 79.9. The third-order valence-electron chi connectivity index (χ3n) is 6.52. The van der Waals surface area contributed by atoms with Crippen molar-refractivity contribution in [3.05, 3.63) is 29.8 Å². The number of nitrogens with zero attached hydrogens (tertiary/aromatic N) is 1. The van der Waals surface area contributed by atoms with Gasteiger partial charge in [-0.05, 0) is 30.4 Å². The standard InChI is InChI=1S/C22H23Br2NO5/c1-22(2,3)14(26)9-30-21(29)10-6-4-5-7-13(10)25-19(27)15-11-8-12(16(15)20(25)28)18(24)17(11)23/h4-7,11-12,15-18H,8-9H2,1-3H3/t11-,12-,15-,16-,17+,18+/m1/s1. The molecule has 2 saturated carbocycles. The number of benzene rings is 1. The van der Waals surface area contributed by atoms with E-state index >= 15 is 0 Å². The lowest BCUT2D eigenvalue weighted by Crippen LogP contribution is -2.37. The quantitative estimate of drug-likeness (QED) is 0.330. The third-order valence-corrected chi connectivity index (χ3v) is 9.73. The minimum absolute atomic E-state index is 0.0920. The number of esters is 1. The first kappa shape index (κ1) is 21.7. The molecule has 3 fully saturated rings. The Morgan fingerprint density at radius 1 is 1.03 bits per heavy atom. The van der Waals surface area contributed by atoms with Crippen LogP contribution in [0.5, 0.6) is 0 Å². The predicted molar refractivity (Wildman–Crippen MR) is 118 cm³/mol. The summed E-state index contributed by atoms with van der Waals surface area (Å²) in [6.45, 7) is 4.89. The molecule has 2 amide bonds. The first-order valence-corrected chi connectivity index (χ1v) is 11.8. The fraction of sp³-hybridized carbons (Fsp3) is 0.545. The van der Waals surface area contributed by atoms with Crippen molar-refractivity contribution in [2.75, 3.05) is 11.5 Å². The molecular formula is C22H23Br2NO5. The van der Waals surface area contributed by atoms with Gasteiger partial charge in [0.2, 0.25) is 11.8 Å². The van der Waals surface area contributed by atoms with Gasteiger partial charge in [-0.25, -0.2) is 9.69 Å². The number of rotatable bonds is 4. The lowest BCUT2D eigenvalue weighted by Gasteiger charge is -2.28. The van der Waals surface area contributed by atoms with Crippen LogP contribution in [0.2, 0.25) is 0 Å². The second kappa shape index (κ2) is 7.55. The van der Waals surface area contributed by atoms with Crippen molar-refractivity contribution in [2.24, 2.45) is 29.1 Å². The number of anilines is 1. The van der Waals surface area contributed by atoms with Gasteiger partial charge in [0.15, 0.2) is 12.4 Å². The molecule has 4 rings (SSSR count). The summed E-state index contributed by atoms with van der Waals surface area (Å²) in [4.78, 5) is 52.8. The minimum atomic E-state index is -0.722. The Bertz CT molecular complexity index is 908. The summed E-state index contributed by atoms with van der Waals surface area (Å²) in [6.07, 6.45) is 0.838. The largest absolute Gasteiger partial charge is 0.454 e. The normalized spacial score (nSPS) is 32.5. The number of carbonyl (C=O) groups excluding carboxylic acids is 4. The van der Waals surface area contributed by atoms with Gasteiger partial charge in [0, 0.05) is 15.1 Å². The van der Waals surface area contributed by atoms with E-state index in [4.69, 9.17) is 4.74 Å². The van der Waals surface area contributed by atoms with E-state index in [0.29, 0.717) is 0 Å². The number of hydrogen-bond acceptors (Lipinski definition) is 5. The van der Waals surface area contributed by atoms with E-state index in [2.05, 4.69) is 31.9 Å².